The third kappa shape index (κ3) is 6.34. The Morgan fingerprint density at radius 3 is 2.47 bits per heavy atom. The van der Waals surface area contributed by atoms with Crippen molar-refractivity contribution in [3.8, 4) is 0 Å². The van der Waals surface area contributed by atoms with Gasteiger partial charge >= 0.3 is 0 Å². The van der Waals surface area contributed by atoms with Gasteiger partial charge in [-0.3, -0.25) is 4.79 Å². The van der Waals surface area contributed by atoms with Crippen LogP contribution in [0.1, 0.15) is 57.2 Å². The predicted octanol–water partition coefficient (Wildman–Crippen LogP) is 4.92. The lowest BCUT2D eigenvalue weighted by atomic mass is 9.95. The van der Waals surface area contributed by atoms with Crippen molar-refractivity contribution in [3.63, 3.8) is 0 Å². The average molecular weight is 456 g/mol. The van der Waals surface area contributed by atoms with Gasteiger partial charge in [-0.1, -0.05) is 49.0 Å². The number of piperidine rings is 1. The second-order valence-corrected chi connectivity index (χ2v) is 9.42. The van der Waals surface area contributed by atoms with Gasteiger partial charge < -0.3 is 9.80 Å². The summed E-state index contributed by atoms with van der Waals surface area (Å²) in [5.41, 5.74) is 5.03. The number of aldehydes is 1. The van der Waals surface area contributed by atoms with Crippen molar-refractivity contribution >= 4 is 30.0 Å². The van der Waals surface area contributed by atoms with E-state index in [1.807, 2.05) is 52.0 Å². The Labute approximate surface area is 204 Å². The van der Waals surface area contributed by atoms with Crippen LogP contribution in [0.4, 0.5) is 0 Å². The Bertz CT molecular complexity index is 1200. The van der Waals surface area contributed by atoms with Gasteiger partial charge in [0.15, 0.2) is 0 Å². The maximum atomic E-state index is 11.3. The number of nitrogens with zero attached hydrogens (tertiary/aromatic N) is 3. The molecular weight excluding hydrogens is 418 g/mol. The average Bonchev–Trinajstić information content (AvgIpc) is 2.82. The first kappa shape index (κ1) is 25.2. The van der Waals surface area contributed by atoms with Crippen molar-refractivity contribution in [1.29, 1.82) is 0 Å². The van der Waals surface area contributed by atoms with Crippen LogP contribution >= 0.6 is 0 Å². The third-order valence-corrected chi connectivity index (χ3v) is 5.94. The van der Waals surface area contributed by atoms with E-state index < -0.39 is 0 Å². The summed E-state index contributed by atoms with van der Waals surface area (Å²) in [7, 11) is 3.97. The van der Waals surface area contributed by atoms with Crippen molar-refractivity contribution < 1.29 is 4.79 Å². The topological polar surface area (TPSA) is 35.9 Å². The lowest BCUT2D eigenvalue weighted by Crippen LogP contribution is -2.38. The van der Waals surface area contributed by atoms with Crippen molar-refractivity contribution in [2.75, 3.05) is 20.6 Å². The number of carbonyl (C=O) groups excluding carboxylic acids is 1. The summed E-state index contributed by atoms with van der Waals surface area (Å²) in [5.74, 6) is 0.973. The molecule has 178 valence electrons. The van der Waals surface area contributed by atoms with E-state index in [4.69, 9.17) is 4.99 Å². The summed E-state index contributed by atoms with van der Waals surface area (Å²) in [5, 5.41) is 1.98. The Morgan fingerprint density at radius 1 is 1.09 bits per heavy atom. The second-order valence-electron chi connectivity index (χ2n) is 9.42. The number of hydrogen-bond acceptors (Lipinski definition) is 4. The summed E-state index contributed by atoms with van der Waals surface area (Å²) in [6.07, 6.45) is 8.31. The van der Waals surface area contributed by atoms with E-state index in [0.717, 1.165) is 58.8 Å². The quantitative estimate of drug-likeness (QED) is 0.257. The van der Waals surface area contributed by atoms with Crippen molar-refractivity contribution in [2.24, 2.45) is 4.99 Å². The molecule has 0 aliphatic carbocycles. The molecule has 0 N–H and O–H groups in total. The van der Waals surface area contributed by atoms with Crippen LogP contribution in [-0.4, -0.2) is 42.4 Å². The number of rotatable bonds is 7. The Balaban J connectivity index is 2.27. The van der Waals surface area contributed by atoms with E-state index in [0.29, 0.717) is 5.57 Å². The summed E-state index contributed by atoms with van der Waals surface area (Å²) >= 11 is 0. The first-order valence-electron chi connectivity index (χ1n) is 12.0. The molecule has 34 heavy (non-hydrogen) atoms. The molecule has 1 unspecified atom stereocenters. The van der Waals surface area contributed by atoms with Gasteiger partial charge in [0, 0.05) is 37.8 Å². The monoisotopic (exact) mass is 455 g/mol. The maximum Gasteiger partial charge on any atom is 0.145 e. The Morgan fingerprint density at radius 2 is 1.82 bits per heavy atom. The van der Waals surface area contributed by atoms with Crippen molar-refractivity contribution in [1.82, 2.24) is 9.80 Å². The van der Waals surface area contributed by atoms with Crippen LogP contribution in [-0.2, 0) is 4.79 Å². The number of hydrogen-bond donors (Lipinski definition) is 0. The van der Waals surface area contributed by atoms with E-state index in [-0.39, 0.29) is 6.04 Å². The van der Waals surface area contributed by atoms with Gasteiger partial charge in [-0.25, -0.2) is 4.99 Å². The van der Waals surface area contributed by atoms with E-state index in [1.54, 1.807) is 0 Å². The fraction of sp³-hybridized carbons (Fsp3) is 0.333. The van der Waals surface area contributed by atoms with Crippen LogP contribution in [0.15, 0.2) is 71.4 Å². The highest BCUT2D eigenvalue weighted by Crippen LogP contribution is 2.34. The van der Waals surface area contributed by atoms with Crippen molar-refractivity contribution in [2.45, 2.75) is 46.1 Å². The molecule has 1 aliphatic heterocycles. The zero-order valence-electron chi connectivity index (χ0n) is 21.2. The number of likely N-dealkylation sites (tertiary alicyclic amines) is 1. The van der Waals surface area contributed by atoms with Crippen LogP contribution in [0, 0.1) is 0 Å². The highest BCUT2D eigenvalue weighted by molar-refractivity contribution is 5.84. The zero-order chi connectivity index (χ0) is 24.7. The molecule has 4 heteroatoms. The molecule has 0 bridgehead atoms. The van der Waals surface area contributed by atoms with E-state index in [2.05, 4.69) is 60.0 Å². The molecule has 3 rings (SSSR count). The molecule has 2 aromatic carbocycles. The lowest BCUT2D eigenvalue weighted by Gasteiger charge is -2.38. The molecule has 1 saturated heterocycles. The SMILES string of the molecule is C=c1ccc(C(/C=C(/C)C=O)=C/N(C)C)c/c1=C(/N=C(C)C)N1CCCCC1c1ccccc1. The summed E-state index contributed by atoms with van der Waals surface area (Å²) in [6, 6.07) is 17.3. The fourth-order valence-electron chi connectivity index (χ4n) is 4.41. The largest absolute Gasteiger partial charge is 0.383 e. The highest BCUT2D eigenvalue weighted by atomic mass is 16.1. The summed E-state index contributed by atoms with van der Waals surface area (Å²) in [6.45, 7) is 11.2. The number of aliphatic imine (C=N–C) groups is 1. The van der Waals surface area contributed by atoms with E-state index >= 15 is 0 Å². The van der Waals surface area contributed by atoms with Gasteiger partial charge in [0.1, 0.15) is 12.1 Å². The molecule has 1 heterocycles. The van der Waals surface area contributed by atoms with Crippen LogP contribution in [0.3, 0.4) is 0 Å². The number of allylic oxidation sites excluding steroid dienone is 3. The second kappa shape index (κ2) is 11.6. The minimum atomic E-state index is 0.282. The standard InChI is InChI=1S/C30H37N3O/c1-22(2)31-30(33-17-11-10-14-29(33)25-12-8-7-9-13-25)28-19-26(16-15-24(28)4)27(20-32(5)6)18-23(3)21-34/h7-9,12-13,15-16,18-21,29H,4,10-11,14,17H2,1-3,5-6H3/b23-18-,27-20+,30-28+. The first-order valence-corrected chi connectivity index (χ1v) is 12.0. The van der Waals surface area contributed by atoms with Gasteiger partial charge in [-0.05, 0) is 79.7 Å². The molecule has 0 amide bonds. The molecule has 1 atom stereocenters. The van der Waals surface area contributed by atoms with Crippen LogP contribution in [0.2, 0.25) is 0 Å². The maximum absolute atomic E-state index is 11.3. The van der Waals surface area contributed by atoms with Crippen LogP contribution in [0.25, 0.3) is 18.0 Å². The van der Waals surface area contributed by atoms with Crippen LogP contribution in [0.5, 0.6) is 0 Å². The summed E-state index contributed by atoms with van der Waals surface area (Å²) in [4.78, 5) is 20.9. The molecular formula is C30H37N3O. The Kier molecular flexibility index (Phi) is 8.64. The fourth-order valence-corrected chi connectivity index (χ4v) is 4.41. The first-order chi connectivity index (χ1) is 16.3. The molecule has 0 saturated carbocycles. The molecule has 4 nitrogen and oxygen atoms in total. The minimum absolute atomic E-state index is 0.282. The van der Waals surface area contributed by atoms with E-state index in [9.17, 15) is 4.79 Å². The normalized spacial score (nSPS) is 17.8. The van der Waals surface area contributed by atoms with Gasteiger partial charge in [0.2, 0.25) is 0 Å². The molecule has 0 spiro atoms. The number of benzene rings is 2. The molecule has 0 aromatic heterocycles. The van der Waals surface area contributed by atoms with Crippen molar-refractivity contribution in [3.05, 3.63) is 87.9 Å². The minimum Gasteiger partial charge on any atom is -0.383 e. The smallest absolute Gasteiger partial charge is 0.145 e. The third-order valence-electron chi connectivity index (χ3n) is 5.94. The number of carbonyl (C=O) groups is 1. The molecule has 2 aromatic rings. The molecule has 1 fully saturated rings. The molecule has 0 radical (unpaired) electrons. The lowest BCUT2D eigenvalue weighted by molar-refractivity contribution is -0.104. The van der Waals surface area contributed by atoms with Gasteiger partial charge in [0.05, 0.1) is 6.04 Å². The highest BCUT2D eigenvalue weighted by Gasteiger charge is 2.26. The van der Waals surface area contributed by atoms with E-state index in [1.165, 1.54) is 12.0 Å². The molecule has 1 aliphatic rings. The predicted molar refractivity (Wildman–Crippen MR) is 145 cm³/mol. The summed E-state index contributed by atoms with van der Waals surface area (Å²) < 4.78 is 0. The zero-order valence-corrected chi connectivity index (χ0v) is 21.2. The van der Waals surface area contributed by atoms with Crippen LogP contribution < -0.4 is 10.4 Å². The van der Waals surface area contributed by atoms with Gasteiger partial charge in [0.25, 0.3) is 0 Å². The van der Waals surface area contributed by atoms with Gasteiger partial charge in [-0.2, -0.15) is 0 Å². The van der Waals surface area contributed by atoms with Gasteiger partial charge in [-0.15, -0.1) is 0 Å². The Hall–Kier alpha value is -3.40.